The Morgan fingerprint density at radius 2 is 2.17 bits per heavy atom. The van der Waals surface area contributed by atoms with Crippen LogP contribution in [0.5, 0.6) is 0 Å². The molecule has 0 aliphatic carbocycles. The van der Waals surface area contributed by atoms with Crippen LogP contribution in [0.3, 0.4) is 0 Å². The number of nitrogens with one attached hydrogen (secondary N) is 1. The number of aromatic nitrogens is 1. The van der Waals surface area contributed by atoms with Crippen LogP contribution in [-0.2, 0) is 16.1 Å². The van der Waals surface area contributed by atoms with Gasteiger partial charge in [0.15, 0.2) is 0 Å². The highest BCUT2D eigenvalue weighted by Crippen LogP contribution is 2.43. The molecule has 1 aromatic heterocycles. The Morgan fingerprint density at radius 1 is 1.30 bits per heavy atom. The summed E-state index contributed by atoms with van der Waals surface area (Å²) < 4.78 is 5.03. The molecule has 4 atom stereocenters. The molecule has 6 heteroatoms. The van der Waals surface area contributed by atoms with Crippen LogP contribution in [-0.4, -0.2) is 72.7 Å². The summed E-state index contributed by atoms with van der Waals surface area (Å²) in [4.78, 5) is 22.1. The second kappa shape index (κ2) is 10.7. The van der Waals surface area contributed by atoms with Gasteiger partial charge in [-0.2, -0.15) is 0 Å². The number of ether oxygens (including phenoxy) is 1. The van der Waals surface area contributed by atoms with Crippen LogP contribution in [0, 0.1) is 11.8 Å². The molecule has 1 N–H and O–H groups in total. The molecule has 1 amide bonds. The van der Waals surface area contributed by atoms with E-state index in [1.807, 2.05) is 18.5 Å². The van der Waals surface area contributed by atoms with E-state index in [1.54, 1.807) is 7.11 Å². The van der Waals surface area contributed by atoms with Crippen LogP contribution < -0.4 is 5.32 Å². The first-order chi connectivity index (χ1) is 14.8. The molecule has 6 nitrogen and oxygen atoms in total. The molecule has 30 heavy (non-hydrogen) atoms. The maximum absolute atomic E-state index is 12.2. The number of pyridine rings is 1. The monoisotopic (exact) mass is 414 g/mol. The average molecular weight is 415 g/mol. The Labute approximate surface area is 181 Å². The van der Waals surface area contributed by atoms with Gasteiger partial charge in [-0.25, -0.2) is 0 Å². The summed E-state index contributed by atoms with van der Waals surface area (Å²) >= 11 is 0. The van der Waals surface area contributed by atoms with Gasteiger partial charge >= 0.3 is 0 Å². The standard InChI is InChI=1S/C24H38N4O2/c1-30-15-12-26-23(29)10-2-9-22-21-8-5-14-27-13-4-7-20(24(21)27)18-28(22)17-19-6-3-11-25-16-19/h3,6,11,16,20-22,24H,2,4-5,7-10,12-15,17-18H2,1H3,(H,26,29)/t20-,21+,22+,24-/m0/s1. The number of hydrogen-bond acceptors (Lipinski definition) is 5. The zero-order valence-electron chi connectivity index (χ0n) is 18.5. The van der Waals surface area contributed by atoms with Gasteiger partial charge in [-0.15, -0.1) is 0 Å². The third-order valence-corrected chi connectivity index (χ3v) is 7.42. The fraction of sp³-hybridized carbons (Fsp3) is 0.750. The van der Waals surface area contributed by atoms with Gasteiger partial charge < -0.3 is 10.1 Å². The van der Waals surface area contributed by atoms with E-state index in [2.05, 4.69) is 26.2 Å². The van der Waals surface area contributed by atoms with Crippen molar-refractivity contribution in [3.05, 3.63) is 30.1 Å². The topological polar surface area (TPSA) is 57.7 Å². The van der Waals surface area contributed by atoms with Crippen molar-refractivity contribution < 1.29 is 9.53 Å². The summed E-state index contributed by atoms with van der Waals surface area (Å²) in [5, 5.41) is 2.97. The number of rotatable bonds is 9. The van der Waals surface area contributed by atoms with E-state index in [0.29, 0.717) is 25.6 Å². The first-order valence-corrected chi connectivity index (χ1v) is 11.9. The molecule has 3 aliphatic heterocycles. The van der Waals surface area contributed by atoms with Gasteiger partial charge in [0, 0.05) is 57.6 Å². The summed E-state index contributed by atoms with van der Waals surface area (Å²) in [6.07, 6.45) is 11.9. The van der Waals surface area contributed by atoms with Crippen LogP contribution >= 0.6 is 0 Å². The third-order valence-electron chi connectivity index (χ3n) is 7.42. The van der Waals surface area contributed by atoms with Crippen molar-refractivity contribution in [2.75, 3.05) is 39.9 Å². The van der Waals surface area contributed by atoms with Gasteiger partial charge in [-0.1, -0.05) is 6.07 Å². The minimum absolute atomic E-state index is 0.155. The Hall–Kier alpha value is -1.50. The van der Waals surface area contributed by atoms with E-state index in [4.69, 9.17) is 4.74 Å². The van der Waals surface area contributed by atoms with Gasteiger partial charge in [0.05, 0.1) is 6.61 Å². The van der Waals surface area contributed by atoms with Crippen molar-refractivity contribution >= 4 is 5.91 Å². The highest BCUT2D eigenvalue weighted by molar-refractivity contribution is 5.75. The number of hydrogen-bond donors (Lipinski definition) is 1. The number of piperidine rings is 3. The van der Waals surface area contributed by atoms with E-state index >= 15 is 0 Å². The fourth-order valence-electron chi connectivity index (χ4n) is 6.24. The van der Waals surface area contributed by atoms with Gasteiger partial charge in [0.2, 0.25) is 5.91 Å². The van der Waals surface area contributed by atoms with E-state index in [9.17, 15) is 4.79 Å². The quantitative estimate of drug-likeness (QED) is 0.630. The predicted molar refractivity (Wildman–Crippen MR) is 118 cm³/mol. The molecule has 4 rings (SSSR count). The van der Waals surface area contributed by atoms with Crippen molar-refractivity contribution in [3.8, 4) is 0 Å². The fourth-order valence-corrected chi connectivity index (χ4v) is 6.24. The minimum atomic E-state index is 0.155. The zero-order chi connectivity index (χ0) is 20.8. The third kappa shape index (κ3) is 5.21. The molecule has 0 spiro atoms. The lowest BCUT2D eigenvalue weighted by atomic mass is 9.69. The Morgan fingerprint density at radius 3 is 2.97 bits per heavy atom. The van der Waals surface area contributed by atoms with E-state index in [-0.39, 0.29) is 5.91 Å². The maximum atomic E-state index is 12.2. The number of likely N-dealkylation sites (tertiary alicyclic amines) is 1. The first kappa shape index (κ1) is 21.7. The zero-order valence-corrected chi connectivity index (χ0v) is 18.5. The lowest BCUT2D eigenvalue weighted by Gasteiger charge is -2.57. The molecule has 3 fully saturated rings. The minimum Gasteiger partial charge on any atom is -0.383 e. The lowest BCUT2D eigenvalue weighted by Crippen LogP contribution is -2.64. The average Bonchev–Trinajstić information content (AvgIpc) is 2.77. The SMILES string of the molecule is COCCNC(=O)CCC[C@@H]1[C@H]2CCCN3CCC[C@@H](CN1Cc1cccnc1)[C@@H]23. The van der Waals surface area contributed by atoms with E-state index in [1.165, 1.54) is 50.9 Å². The Bertz CT molecular complexity index is 668. The molecule has 3 aliphatic rings. The highest BCUT2D eigenvalue weighted by atomic mass is 16.5. The Balaban J connectivity index is 1.42. The van der Waals surface area contributed by atoms with Crippen LogP contribution in [0.1, 0.15) is 50.5 Å². The first-order valence-electron chi connectivity index (χ1n) is 11.9. The summed E-state index contributed by atoms with van der Waals surface area (Å²) in [7, 11) is 1.66. The van der Waals surface area contributed by atoms with Crippen molar-refractivity contribution in [1.29, 1.82) is 0 Å². The van der Waals surface area contributed by atoms with Crippen LogP contribution in [0.15, 0.2) is 24.5 Å². The molecule has 0 radical (unpaired) electrons. The van der Waals surface area contributed by atoms with E-state index < -0.39 is 0 Å². The number of amides is 1. The lowest BCUT2D eigenvalue weighted by molar-refractivity contribution is -0.121. The summed E-state index contributed by atoms with van der Waals surface area (Å²) in [5.41, 5.74) is 1.31. The summed E-state index contributed by atoms with van der Waals surface area (Å²) in [5.74, 6) is 1.70. The van der Waals surface area contributed by atoms with Crippen molar-refractivity contribution in [2.45, 2.75) is 63.6 Å². The molecule has 0 aromatic carbocycles. The summed E-state index contributed by atoms with van der Waals surface area (Å²) in [6.45, 7) is 5.93. The molecule has 1 aromatic rings. The summed E-state index contributed by atoms with van der Waals surface area (Å²) in [6, 6.07) is 5.58. The van der Waals surface area contributed by atoms with Crippen LogP contribution in [0.4, 0.5) is 0 Å². The number of carbonyl (C=O) groups is 1. The van der Waals surface area contributed by atoms with Gasteiger partial charge in [0.25, 0.3) is 0 Å². The highest BCUT2D eigenvalue weighted by Gasteiger charge is 2.48. The van der Waals surface area contributed by atoms with Gasteiger partial charge in [-0.05, 0) is 75.1 Å². The molecule has 3 saturated heterocycles. The second-order valence-corrected chi connectivity index (χ2v) is 9.33. The smallest absolute Gasteiger partial charge is 0.220 e. The molecule has 4 heterocycles. The molecule has 166 valence electrons. The molecule has 0 unspecified atom stereocenters. The normalized spacial score (nSPS) is 29.4. The predicted octanol–water partition coefficient (Wildman–Crippen LogP) is 2.69. The number of carbonyl (C=O) groups excluding carboxylic acids is 1. The second-order valence-electron chi connectivity index (χ2n) is 9.33. The largest absolute Gasteiger partial charge is 0.383 e. The number of nitrogens with zero attached hydrogens (tertiary/aromatic N) is 3. The molecular weight excluding hydrogens is 376 g/mol. The van der Waals surface area contributed by atoms with Crippen LogP contribution in [0.25, 0.3) is 0 Å². The Kier molecular flexibility index (Phi) is 7.74. The number of methoxy groups -OCH3 is 1. The van der Waals surface area contributed by atoms with E-state index in [0.717, 1.165) is 37.3 Å². The molecule has 0 bridgehead atoms. The van der Waals surface area contributed by atoms with Crippen molar-refractivity contribution in [3.63, 3.8) is 0 Å². The maximum Gasteiger partial charge on any atom is 0.220 e. The van der Waals surface area contributed by atoms with Gasteiger partial charge in [-0.3, -0.25) is 19.6 Å². The van der Waals surface area contributed by atoms with Crippen molar-refractivity contribution in [2.24, 2.45) is 11.8 Å². The molecular formula is C24H38N4O2. The van der Waals surface area contributed by atoms with Gasteiger partial charge in [0.1, 0.15) is 0 Å². The van der Waals surface area contributed by atoms with Crippen LogP contribution in [0.2, 0.25) is 0 Å². The van der Waals surface area contributed by atoms with Crippen molar-refractivity contribution in [1.82, 2.24) is 20.1 Å². The molecule has 0 saturated carbocycles.